The van der Waals surface area contributed by atoms with Crippen molar-refractivity contribution < 1.29 is 9.53 Å². The van der Waals surface area contributed by atoms with Crippen LogP contribution < -0.4 is 0 Å². The number of nitrogens with zero attached hydrogens (tertiary/aromatic N) is 1. The average Bonchev–Trinajstić information content (AvgIpc) is 2.52. The van der Waals surface area contributed by atoms with Crippen LogP contribution >= 0.6 is 12.4 Å². The summed E-state index contributed by atoms with van der Waals surface area (Å²) in [6.07, 6.45) is 6.34. The van der Waals surface area contributed by atoms with Crippen molar-refractivity contribution >= 4 is 24.5 Å². The van der Waals surface area contributed by atoms with E-state index in [1.165, 1.54) is 13.2 Å². The van der Waals surface area contributed by atoms with E-state index in [0.717, 1.165) is 16.7 Å². The monoisotopic (exact) mass is 299 g/mol. The summed E-state index contributed by atoms with van der Waals surface area (Å²) in [4.78, 5) is 15.1. The number of hydrogen-bond acceptors (Lipinski definition) is 3. The van der Waals surface area contributed by atoms with Gasteiger partial charge in [0.25, 0.3) is 0 Å². The van der Waals surface area contributed by atoms with Crippen molar-refractivity contribution in [2.45, 2.75) is 0 Å². The highest BCUT2D eigenvalue weighted by atomic mass is 35.5. The van der Waals surface area contributed by atoms with Gasteiger partial charge in [-0.3, -0.25) is 4.98 Å². The Morgan fingerprint density at radius 3 is 2.57 bits per heavy atom. The number of aromatic nitrogens is 1. The molecule has 1 heterocycles. The third-order valence-corrected chi connectivity index (χ3v) is 2.50. The van der Waals surface area contributed by atoms with Crippen molar-refractivity contribution in [3.63, 3.8) is 0 Å². The van der Waals surface area contributed by atoms with Gasteiger partial charge in [0.05, 0.1) is 7.11 Å². The highest BCUT2D eigenvalue weighted by molar-refractivity contribution is 5.86. The molecule has 0 N–H and O–H groups in total. The number of methoxy groups -OCH3 is 1. The Balaban J connectivity index is 0.00000220. The normalized spacial score (nSPS) is 9.38. The van der Waals surface area contributed by atoms with E-state index in [1.807, 2.05) is 36.4 Å². The van der Waals surface area contributed by atoms with Crippen molar-refractivity contribution in [1.82, 2.24) is 4.98 Å². The molecule has 0 radical (unpaired) electrons. The zero-order chi connectivity index (χ0) is 14.2. The fourth-order valence-corrected chi connectivity index (χ4v) is 1.52. The average molecular weight is 300 g/mol. The molecule has 4 heteroatoms. The van der Waals surface area contributed by atoms with Gasteiger partial charge in [-0.05, 0) is 29.8 Å². The lowest BCUT2D eigenvalue weighted by atomic mass is 10.1. The molecule has 0 aliphatic heterocycles. The SMILES string of the molecule is COC(=O)/C=C/c1cncc(C#Cc2ccccc2)c1.Cl. The maximum Gasteiger partial charge on any atom is 0.330 e. The van der Waals surface area contributed by atoms with Gasteiger partial charge in [0.1, 0.15) is 0 Å². The first-order chi connectivity index (χ1) is 9.78. The van der Waals surface area contributed by atoms with Gasteiger partial charge in [-0.1, -0.05) is 30.0 Å². The van der Waals surface area contributed by atoms with Gasteiger partial charge in [0.15, 0.2) is 0 Å². The molecule has 2 rings (SSSR count). The van der Waals surface area contributed by atoms with Crippen molar-refractivity contribution in [2.24, 2.45) is 0 Å². The lowest BCUT2D eigenvalue weighted by Crippen LogP contribution is -1.93. The Morgan fingerprint density at radius 2 is 1.86 bits per heavy atom. The van der Waals surface area contributed by atoms with Gasteiger partial charge in [-0.15, -0.1) is 12.4 Å². The quantitative estimate of drug-likeness (QED) is 0.486. The molecule has 0 saturated heterocycles. The van der Waals surface area contributed by atoms with Gasteiger partial charge >= 0.3 is 5.97 Å². The molecule has 2 aromatic rings. The summed E-state index contributed by atoms with van der Waals surface area (Å²) in [5.74, 6) is 5.70. The van der Waals surface area contributed by atoms with E-state index in [0.29, 0.717) is 0 Å². The highest BCUT2D eigenvalue weighted by Gasteiger charge is 1.94. The second-order valence-electron chi connectivity index (χ2n) is 3.98. The Labute approximate surface area is 130 Å². The van der Waals surface area contributed by atoms with E-state index in [2.05, 4.69) is 21.6 Å². The first kappa shape index (κ1) is 16.5. The Kier molecular flexibility index (Phi) is 6.73. The number of ether oxygens (including phenoxy) is 1. The number of benzene rings is 1. The summed E-state index contributed by atoms with van der Waals surface area (Å²) in [6.45, 7) is 0. The maximum atomic E-state index is 11.0. The number of carbonyl (C=O) groups excluding carboxylic acids is 1. The number of halogens is 1. The molecule has 1 aromatic carbocycles. The standard InChI is InChI=1S/C17H13NO2.ClH/c1-20-17(19)10-9-16-11-15(12-18-13-16)8-7-14-5-3-2-4-6-14;/h2-6,9-13H,1H3;1H/b10-9+;. The number of hydrogen-bond donors (Lipinski definition) is 0. The Hall–Kier alpha value is -2.57. The molecule has 3 nitrogen and oxygen atoms in total. The molecule has 0 atom stereocenters. The van der Waals surface area contributed by atoms with Crippen LogP contribution in [0.2, 0.25) is 0 Å². The molecular weight excluding hydrogens is 286 g/mol. The molecular formula is C17H14ClNO2. The summed E-state index contributed by atoms with van der Waals surface area (Å²) in [6, 6.07) is 11.6. The van der Waals surface area contributed by atoms with Crippen molar-refractivity contribution in [1.29, 1.82) is 0 Å². The van der Waals surface area contributed by atoms with E-state index in [1.54, 1.807) is 18.5 Å². The van der Waals surface area contributed by atoms with Crippen LogP contribution in [0.25, 0.3) is 6.08 Å². The van der Waals surface area contributed by atoms with Crippen LogP contribution in [-0.2, 0) is 9.53 Å². The van der Waals surface area contributed by atoms with E-state index < -0.39 is 5.97 Å². The molecule has 0 fully saturated rings. The smallest absolute Gasteiger partial charge is 0.330 e. The lowest BCUT2D eigenvalue weighted by Gasteiger charge is -1.94. The zero-order valence-corrected chi connectivity index (χ0v) is 12.3. The van der Waals surface area contributed by atoms with E-state index >= 15 is 0 Å². The molecule has 106 valence electrons. The molecule has 0 unspecified atom stereocenters. The van der Waals surface area contributed by atoms with Crippen LogP contribution in [0, 0.1) is 11.8 Å². The van der Waals surface area contributed by atoms with E-state index in [4.69, 9.17) is 0 Å². The molecule has 1 aromatic heterocycles. The predicted octanol–water partition coefficient (Wildman–Crippen LogP) is 3.09. The summed E-state index contributed by atoms with van der Waals surface area (Å²) in [5, 5.41) is 0. The minimum absolute atomic E-state index is 0. The summed E-state index contributed by atoms with van der Waals surface area (Å²) < 4.78 is 4.53. The highest BCUT2D eigenvalue weighted by Crippen LogP contribution is 2.04. The van der Waals surface area contributed by atoms with Crippen molar-refractivity contribution in [2.75, 3.05) is 7.11 Å². The van der Waals surface area contributed by atoms with Crippen LogP contribution in [0.1, 0.15) is 16.7 Å². The topological polar surface area (TPSA) is 39.2 Å². The molecule has 21 heavy (non-hydrogen) atoms. The van der Waals surface area contributed by atoms with Crippen LogP contribution in [0.15, 0.2) is 54.9 Å². The predicted molar refractivity (Wildman–Crippen MR) is 85.0 cm³/mol. The van der Waals surface area contributed by atoms with Gasteiger partial charge in [0, 0.05) is 29.6 Å². The fraction of sp³-hybridized carbons (Fsp3) is 0.0588. The van der Waals surface area contributed by atoms with Crippen LogP contribution in [0.4, 0.5) is 0 Å². The second kappa shape index (κ2) is 8.57. The number of pyridine rings is 1. The fourth-order valence-electron chi connectivity index (χ4n) is 1.52. The lowest BCUT2D eigenvalue weighted by molar-refractivity contribution is -0.134. The number of carbonyl (C=O) groups is 1. The Morgan fingerprint density at radius 1 is 1.14 bits per heavy atom. The first-order valence-electron chi connectivity index (χ1n) is 6.06. The number of esters is 1. The molecule has 0 aliphatic rings. The minimum atomic E-state index is -0.397. The molecule has 0 saturated carbocycles. The van der Waals surface area contributed by atoms with Gasteiger partial charge < -0.3 is 4.74 Å². The minimum Gasteiger partial charge on any atom is -0.466 e. The molecule has 0 bridgehead atoms. The van der Waals surface area contributed by atoms with E-state index in [9.17, 15) is 4.79 Å². The first-order valence-corrected chi connectivity index (χ1v) is 6.06. The molecule has 0 amide bonds. The van der Waals surface area contributed by atoms with Crippen LogP contribution in [-0.4, -0.2) is 18.1 Å². The largest absolute Gasteiger partial charge is 0.466 e. The van der Waals surface area contributed by atoms with Gasteiger partial charge in [-0.25, -0.2) is 4.79 Å². The Bertz CT molecular complexity index is 685. The summed E-state index contributed by atoms with van der Waals surface area (Å²) >= 11 is 0. The van der Waals surface area contributed by atoms with Crippen LogP contribution in [0.5, 0.6) is 0 Å². The molecule has 0 spiro atoms. The van der Waals surface area contributed by atoms with Crippen molar-refractivity contribution in [3.8, 4) is 11.8 Å². The van der Waals surface area contributed by atoms with Crippen LogP contribution in [0.3, 0.4) is 0 Å². The second-order valence-corrected chi connectivity index (χ2v) is 3.98. The maximum absolute atomic E-state index is 11.0. The van der Waals surface area contributed by atoms with Crippen molar-refractivity contribution in [3.05, 3.63) is 71.6 Å². The summed E-state index contributed by atoms with van der Waals surface area (Å²) in [5.41, 5.74) is 2.54. The van der Waals surface area contributed by atoms with Gasteiger partial charge in [0.2, 0.25) is 0 Å². The van der Waals surface area contributed by atoms with Gasteiger partial charge in [-0.2, -0.15) is 0 Å². The third-order valence-electron chi connectivity index (χ3n) is 2.50. The summed E-state index contributed by atoms with van der Waals surface area (Å²) in [7, 11) is 1.34. The zero-order valence-electron chi connectivity index (χ0n) is 11.4. The third kappa shape index (κ3) is 5.52. The van der Waals surface area contributed by atoms with E-state index in [-0.39, 0.29) is 12.4 Å². The number of rotatable bonds is 2. The molecule has 0 aliphatic carbocycles.